The van der Waals surface area contributed by atoms with E-state index in [1.165, 1.54) is 49.3 Å². The van der Waals surface area contributed by atoms with Gasteiger partial charge in [0, 0.05) is 22.0 Å². The maximum atomic E-state index is 5.10. The van der Waals surface area contributed by atoms with Gasteiger partial charge >= 0.3 is 0 Å². The number of hydrogen-bond donors (Lipinski definition) is 2. The first-order valence-electron chi connectivity index (χ1n) is 16.1. The average Bonchev–Trinajstić information content (AvgIpc) is 3.50. The van der Waals surface area contributed by atoms with Gasteiger partial charge in [0.1, 0.15) is 18.2 Å². The Morgan fingerprint density at radius 1 is 0.511 bits per heavy atom. The van der Waals surface area contributed by atoms with Crippen LogP contribution in [0.2, 0.25) is 0 Å². The molecule has 1 aliphatic rings. The van der Waals surface area contributed by atoms with Crippen LogP contribution < -0.4 is 10.6 Å². The standard InChI is InChI=1S/C43H32N4/c1-3-14-31(15-4-1)41-44-42(32-16-5-2-6-17-32)46-43(45-41)36-20-10-9-18-34(36)30-23-26-33(27-24-30)47-38-22-12-11-21-37(38)40-35-19-8-7-13-29(35)25-28-39(40)47/h1-28,41,43,45H,(H,44,46). The highest BCUT2D eigenvalue weighted by molar-refractivity contribution is 6.21. The Labute approximate surface area is 273 Å². The first kappa shape index (κ1) is 27.3. The molecule has 2 N–H and O–H groups in total. The lowest BCUT2D eigenvalue weighted by Crippen LogP contribution is -2.45. The summed E-state index contributed by atoms with van der Waals surface area (Å²) in [5.41, 5.74) is 9.29. The van der Waals surface area contributed by atoms with Crippen LogP contribution in [-0.2, 0) is 0 Å². The van der Waals surface area contributed by atoms with E-state index in [-0.39, 0.29) is 12.3 Å². The summed E-state index contributed by atoms with van der Waals surface area (Å²) < 4.78 is 2.39. The molecule has 2 heterocycles. The predicted molar refractivity (Wildman–Crippen MR) is 195 cm³/mol. The van der Waals surface area contributed by atoms with Gasteiger partial charge in [0.25, 0.3) is 0 Å². The molecule has 0 saturated heterocycles. The number of aliphatic imine (C=N–C) groups is 1. The van der Waals surface area contributed by atoms with Gasteiger partial charge in [-0.2, -0.15) is 0 Å². The molecule has 1 aliphatic heterocycles. The molecule has 0 fully saturated rings. The summed E-state index contributed by atoms with van der Waals surface area (Å²) in [7, 11) is 0. The fraction of sp³-hybridized carbons (Fsp3) is 0.0465. The number of nitrogens with one attached hydrogen (secondary N) is 2. The van der Waals surface area contributed by atoms with Crippen molar-refractivity contribution in [2.75, 3.05) is 0 Å². The van der Waals surface area contributed by atoms with Crippen LogP contribution in [0.1, 0.15) is 29.0 Å². The molecule has 4 heteroatoms. The van der Waals surface area contributed by atoms with Crippen molar-refractivity contribution in [2.24, 2.45) is 4.99 Å². The zero-order chi connectivity index (χ0) is 31.2. The van der Waals surface area contributed by atoms with Crippen molar-refractivity contribution in [3.05, 3.63) is 187 Å². The molecule has 7 aromatic carbocycles. The van der Waals surface area contributed by atoms with Gasteiger partial charge in [0.15, 0.2) is 0 Å². The van der Waals surface area contributed by atoms with Gasteiger partial charge in [0.2, 0.25) is 0 Å². The normalized spacial score (nSPS) is 16.3. The topological polar surface area (TPSA) is 41.4 Å². The second kappa shape index (κ2) is 11.4. The van der Waals surface area contributed by atoms with Crippen molar-refractivity contribution in [1.82, 2.24) is 15.2 Å². The third kappa shape index (κ3) is 4.78. The number of rotatable bonds is 5. The lowest BCUT2D eigenvalue weighted by molar-refractivity contribution is 0.409. The molecule has 1 aromatic heterocycles. The Kier molecular flexibility index (Phi) is 6.65. The van der Waals surface area contributed by atoms with Gasteiger partial charge in [-0.05, 0) is 57.3 Å². The smallest absolute Gasteiger partial charge is 0.131 e. The Balaban J connectivity index is 1.12. The van der Waals surface area contributed by atoms with Crippen molar-refractivity contribution < 1.29 is 0 Å². The minimum Gasteiger partial charge on any atom is -0.350 e. The van der Waals surface area contributed by atoms with Crippen LogP contribution in [0.4, 0.5) is 0 Å². The lowest BCUT2D eigenvalue weighted by atomic mass is 9.96. The van der Waals surface area contributed by atoms with E-state index in [9.17, 15) is 0 Å². The maximum absolute atomic E-state index is 5.10. The minimum atomic E-state index is -0.181. The summed E-state index contributed by atoms with van der Waals surface area (Å²) in [5, 5.41) is 12.6. The van der Waals surface area contributed by atoms with Gasteiger partial charge in [-0.25, -0.2) is 4.99 Å². The molecule has 0 saturated carbocycles. The quantitative estimate of drug-likeness (QED) is 0.205. The summed E-state index contributed by atoms with van der Waals surface area (Å²) in [6.45, 7) is 0. The molecule has 9 rings (SSSR count). The fourth-order valence-corrected chi connectivity index (χ4v) is 7.09. The monoisotopic (exact) mass is 604 g/mol. The van der Waals surface area contributed by atoms with Crippen LogP contribution >= 0.6 is 0 Å². The number of benzene rings is 7. The Morgan fingerprint density at radius 2 is 1.19 bits per heavy atom. The van der Waals surface area contributed by atoms with Crippen molar-refractivity contribution in [2.45, 2.75) is 12.3 Å². The Morgan fingerprint density at radius 3 is 2.02 bits per heavy atom. The highest BCUT2D eigenvalue weighted by atomic mass is 15.3. The van der Waals surface area contributed by atoms with Gasteiger partial charge in [-0.15, -0.1) is 0 Å². The molecular weight excluding hydrogens is 573 g/mol. The number of aromatic nitrogens is 1. The summed E-state index contributed by atoms with van der Waals surface area (Å²) in [6, 6.07) is 60.4. The predicted octanol–water partition coefficient (Wildman–Crippen LogP) is 9.94. The first-order valence-corrected chi connectivity index (χ1v) is 16.1. The third-order valence-electron chi connectivity index (χ3n) is 9.30. The highest BCUT2D eigenvalue weighted by Crippen LogP contribution is 2.38. The van der Waals surface area contributed by atoms with Crippen LogP contribution in [0.15, 0.2) is 175 Å². The SMILES string of the molecule is c1ccc(C2=NC(c3ccccc3)NC(c3ccccc3-c3ccc(-n4c5ccccc5c5c6ccccc6ccc54)cc3)N2)cc1. The van der Waals surface area contributed by atoms with Crippen molar-refractivity contribution in [3.63, 3.8) is 0 Å². The van der Waals surface area contributed by atoms with Crippen LogP contribution in [0, 0.1) is 0 Å². The van der Waals surface area contributed by atoms with Crippen molar-refractivity contribution in [3.8, 4) is 16.8 Å². The maximum Gasteiger partial charge on any atom is 0.131 e. The molecule has 4 nitrogen and oxygen atoms in total. The number of hydrogen-bond acceptors (Lipinski definition) is 3. The van der Waals surface area contributed by atoms with Gasteiger partial charge in [-0.1, -0.05) is 146 Å². The largest absolute Gasteiger partial charge is 0.350 e. The minimum absolute atomic E-state index is 0.144. The van der Waals surface area contributed by atoms with Crippen LogP contribution in [0.3, 0.4) is 0 Å². The highest BCUT2D eigenvalue weighted by Gasteiger charge is 2.27. The molecule has 47 heavy (non-hydrogen) atoms. The van der Waals surface area contributed by atoms with Crippen LogP contribution in [0.5, 0.6) is 0 Å². The van der Waals surface area contributed by atoms with E-state index in [1.807, 2.05) is 12.1 Å². The molecule has 2 atom stereocenters. The van der Waals surface area contributed by atoms with E-state index in [0.717, 1.165) is 22.6 Å². The second-order valence-corrected chi connectivity index (χ2v) is 12.1. The molecule has 0 aliphatic carbocycles. The third-order valence-corrected chi connectivity index (χ3v) is 9.30. The Bertz CT molecular complexity index is 2410. The number of para-hydroxylation sites is 1. The zero-order valence-electron chi connectivity index (χ0n) is 25.7. The number of nitrogens with zero attached hydrogens (tertiary/aromatic N) is 2. The summed E-state index contributed by atoms with van der Waals surface area (Å²) in [5.74, 6) is 0.882. The van der Waals surface area contributed by atoms with Crippen LogP contribution in [0.25, 0.3) is 49.4 Å². The lowest BCUT2D eigenvalue weighted by Gasteiger charge is -2.33. The van der Waals surface area contributed by atoms with E-state index in [2.05, 4.69) is 173 Å². The molecule has 0 bridgehead atoms. The molecule has 2 unspecified atom stereocenters. The molecule has 224 valence electrons. The molecule has 0 radical (unpaired) electrons. The van der Waals surface area contributed by atoms with E-state index in [0.29, 0.717) is 0 Å². The first-order chi connectivity index (χ1) is 23.3. The summed E-state index contributed by atoms with van der Waals surface area (Å²) in [6.07, 6.45) is -0.325. The Hall–Kier alpha value is -5.97. The number of amidine groups is 1. The van der Waals surface area contributed by atoms with Crippen LogP contribution in [-0.4, -0.2) is 10.4 Å². The van der Waals surface area contributed by atoms with E-state index >= 15 is 0 Å². The molecule has 0 spiro atoms. The van der Waals surface area contributed by atoms with Gasteiger partial charge in [0.05, 0.1) is 11.0 Å². The van der Waals surface area contributed by atoms with Crippen molar-refractivity contribution in [1.29, 1.82) is 0 Å². The average molecular weight is 605 g/mol. The molecule has 0 amide bonds. The zero-order valence-corrected chi connectivity index (χ0v) is 25.7. The van der Waals surface area contributed by atoms with E-state index < -0.39 is 0 Å². The molecule has 8 aromatic rings. The summed E-state index contributed by atoms with van der Waals surface area (Å²) >= 11 is 0. The van der Waals surface area contributed by atoms with Gasteiger partial charge < -0.3 is 9.88 Å². The fourth-order valence-electron chi connectivity index (χ4n) is 7.09. The second-order valence-electron chi connectivity index (χ2n) is 12.1. The number of fused-ring (bicyclic) bond motifs is 5. The van der Waals surface area contributed by atoms with Gasteiger partial charge in [-0.3, -0.25) is 5.32 Å². The van der Waals surface area contributed by atoms with E-state index in [4.69, 9.17) is 4.99 Å². The molecular formula is C43H32N4. The van der Waals surface area contributed by atoms with Crippen molar-refractivity contribution >= 4 is 38.4 Å². The summed E-state index contributed by atoms with van der Waals surface area (Å²) in [4.78, 5) is 5.10. The van der Waals surface area contributed by atoms with E-state index in [1.54, 1.807) is 0 Å².